The van der Waals surface area contributed by atoms with Crippen LogP contribution < -0.4 is 15.5 Å². The van der Waals surface area contributed by atoms with E-state index in [1.165, 1.54) is 0 Å². The van der Waals surface area contributed by atoms with Gasteiger partial charge >= 0.3 is 0 Å². The molecule has 3 aromatic rings. The van der Waals surface area contributed by atoms with E-state index in [-0.39, 0.29) is 16.9 Å². The van der Waals surface area contributed by atoms with E-state index < -0.39 is 0 Å². The molecule has 34 heavy (non-hydrogen) atoms. The van der Waals surface area contributed by atoms with E-state index in [1.807, 2.05) is 47.4 Å². The van der Waals surface area contributed by atoms with E-state index in [0.29, 0.717) is 53.0 Å². The Morgan fingerprint density at radius 3 is 2.15 bits per heavy atom. The van der Waals surface area contributed by atoms with Crippen molar-refractivity contribution >= 4 is 63.7 Å². The van der Waals surface area contributed by atoms with Gasteiger partial charge in [-0.15, -0.1) is 0 Å². The first-order valence-corrected chi connectivity index (χ1v) is 11.8. The summed E-state index contributed by atoms with van der Waals surface area (Å²) in [5.74, 6) is -0.292. The Labute approximate surface area is 213 Å². The minimum atomic E-state index is -0.334. The van der Waals surface area contributed by atoms with Crippen LogP contribution in [0.25, 0.3) is 0 Å². The minimum absolute atomic E-state index is 0.0417. The van der Waals surface area contributed by atoms with Crippen molar-refractivity contribution < 1.29 is 9.59 Å². The Balaban J connectivity index is 1.32. The van der Waals surface area contributed by atoms with E-state index in [2.05, 4.69) is 15.5 Å². The molecule has 1 saturated heterocycles. The molecule has 9 heteroatoms. The summed E-state index contributed by atoms with van der Waals surface area (Å²) >= 11 is 17.7. The molecule has 2 N–H and O–H groups in total. The van der Waals surface area contributed by atoms with Gasteiger partial charge in [-0.1, -0.05) is 41.4 Å². The maximum atomic E-state index is 12.7. The molecule has 1 fully saturated rings. The zero-order chi connectivity index (χ0) is 24.1. The van der Waals surface area contributed by atoms with Crippen molar-refractivity contribution in [1.82, 2.24) is 10.2 Å². The summed E-state index contributed by atoms with van der Waals surface area (Å²) in [5.41, 5.74) is 2.69. The first-order chi connectivity index (χ1) is 16.4. The molecular formula is C25H22Cl2N4O2S. The van der Waals surface area contributed by atoms with E-state index >= 15 is 0 Å². The van der Waals surface area contributed by atoms with Crippen molar-refractivity contribution in [2.45, 2.75) is 0 Å². The molecule has 174 valence electrons. The van der Waals surface area contributed by atoms with Crippen LogP contribution in [-0.4, -0.2) is 48.0 Å². The van der Waals surface area contributed by atoms with Gasteiger partial charge in [-0.2, -0.15) is 0 Å². The van der Waals surface area contributed by atoms with E-state index in [9.17, 15) is 9.59 Å². The first kappa shape index (κ1) is 24.0. The number of thiocarbonyl (C=S) groups is 1. The Morgan fingerprint density at radius 1 is 0.824 bits per heavy atom. The van der Waals surface area contributed by atoms with Crippen molar-refractivity contribution in [3.63, 3.8) is 0 Å². The Morgan fingerprint density at radius 2 is 1.50 bits per heavy atom. The van der Waals surface area contributed by atoms with Crippen LogP contribution in [0, 0.1) is 0 Å². The lowest BCUT2D eigenvalue weighted by Gasteiger charge is -2.36. The SMILES string of the molecule is O=C(NC(=S)Nc1ccc(N2CCN(C(=O)c3ccccc3)CC2)c(Cl)c1)c1ccc(Cl)cc1. The van der Waals surface area contributed by atoms with Crippen molar-refractivity contribution in [3.05, 3.63) is 94.0 Å². The smallest absolute Gasteiger partial charge is 0.257 e. The molecule has 1 aliphatic heterocycles. The van der Waals surface area contributed by atoms with Gasteiger partial charge < -0.3 is 15.1 Å². The van der Waals surface area contributed by atoms with Gasteiger partial charge in [-0.05, 0) is 66.8 Å². The highest BCUT2D eigenvalue weighted by Crippen LogP contribution is 2.30. The van der Waals surface area contributed by atoms with Crippen molar-refractivity contribution in [2.75, 3.05) is 36.4 Å². The second-order valence-corrected chi connectivity index (χ2v) is 8.98. The van der Waals surface area contributed by atoms with Gasteiger partial charge in [0.25, 0.3) is 11.8 Å². The third-order valence-electron chi connectivity index (χ3n) is 5.47. The number of nitrogens with one attached hydrogen (secondary N) is 2. The number of benzene rings is 3. The number of carbonyl (C=O) groups is 2. The fourth-order valence-electron chi connectivity index (χ4n) is 3.69. The predicted molar refractivity (Wildman–Crippen MR) is 141 cm³/mol. The lowest BCUT2D eigenvalue weighted by molar-refractivity contribution is 0.0746. The van der Waals surface area contributed by atoms with Crippen molar-refractivity contribution in [1.29, 1.82) is 0 Å². The number of hydrogen-bond acceptors (Lipinski definition) is 4. The topological polar surface area (TPSA) is 64.7 Å². The molecule has 2 amide bonds. The van der Waals surface area contributed by atoms with Crippen LogP contribution in [0.1, 0.15) is 20.7 Å². The monoisotopic (exact) mass is 512 g/mol. The van der Waals surface area contributed by atoms with Gasteiger partial charge in [0, 0.05) is 48.0 Å². The van der Waals surface area contributed by atoms with Crippen LogP contribution in [0.5, 0.6) is 0 Å². The second kappa shape index (κ2) is 10.9. The van der Waals surface area contributed by atoms with Crippen LogP contribution in [0.4, 0.5) is 11.4 Å². The summed E-state index contributed by atoms with van der Waals surface area (Å²) in [6, 6.07) is 21.4. The molecule has 0 aliphatic carbocycles. The lowest BCUT2D eigenvalue weighted by atomic mass is 10.1. The molecule has 0 spiro atoms. The van der Waals surface area contributed by atoms with Gasteiger partial charge in [-0.25, -0.2) is 0 Å². The molecule has 0 bridgehead atoms. The maximum Gasteiger partial charge on any atom is 0.257 e. The number of anilines is 2. The molecule has 0 unspecified atom stereocenters. The average Bonchev–Trinajstić information content (AvgIpc) is 2.85. The summed E-state index contributed by atoms with van der Waals surface area (Å²) < 4.78 is 0. The van der Waals surface area contributed by atoms with E-state index in [1.54, 1.807) is 30.3 Å². The van der Waals surface area contributed by atoms with Crippen LogP contribution >= 0.6 is 35.4 Å². The van der Waals surface area contributed by atoms with Gasteiger partial charge in [0.1, 0.15) is 0 Å². The Kier molecular flexibility index (Phi) is 7.67. The number of amides is 2. The molecule has 1 heterocycles. The standard InChI is InChI=1S/C25H22Cl2N4O2S/c26-19-8-6-17(7-9-19)23(32)29-25(34)28-20-10-11-22(21(27)16-20)30-12-14-31(15-13-30)24(33)18-4-2-1-3-5-18/h1-11,16H,12-15H2,(H2,28,29,32,34). The number of rotatable bonds is 4. The number of nitrogens with zero attached hydrogens (tertiary/aromatic N) is 2. The van der Waals surface area contributed by atoms with Gasteiger partial charge in [0.05, 0.1) is 10.7 Å². The second-order valence-electron chi connectivity index (χ2n) is 7.73. The number of hydrogen-bond donors (Lipinski definition) is 2. The van der Waals surface area contributed by atoms with Gasteiger partial charge in [-0.3, -0.25) is 14.9 Å². The molecule has 0 saturated carbocycles. The summed E-state index contributed by atoms with van der Waals surface area (Å²) in [6.45, 7) is 2.59. The van der Waals surface area contributed by atoms with Crippen molar-refractivity contribution in [3.8, 4) is 0 Å². The van der Waals surface area contributed by atoms with E-state index in [0.717, 1.165) is 5.69 Å². The fourth-order valence-corrected chi connectivity index (χ4v) is 4.33. The largest absolute Gasteiger partial charge is 0.367 e. The highest BCUT2D eigenvalue weighted by Gasteiger charge is 2.23. The number of halogens is 2. The summed E-state index contributed by atoms with van der Waals surface area (Å²) in [5, 5.41) is 6.89. The normalized spacial score (nSPS) is 13.4. The predicted octanol–water partition coefficient (Wildman–Crippen LogP) is 5.08. The van der Waals surface area contributed by atoms with E-state index in [4.69, 9.17) is 35.4 Å². The fraction of sp³-hybridized carbons (Fsp3) is 0.160. The lowest BCUT2D eigenvalue weighted by Crippen LogP contribution is -2.48. The van der Waals surface area contributed by atoms with Crippen molar-refractivity contribution in [2.24, 2.45) is 0 Å². The zero-order valence-corrected chi connectivity index (χ0v) is 20.5. The summed E-state index contributed by atoms with van der Waals surface area (Å²) in [7, 11) is 0. The molecule has 4 rings (SSSR count). The number of piperazine rings is 1. The molecule has 3 aromatic carbocycles. The van der Waals surface area contributed by atoms with Crippen LogP contribution in [0.2, 0.25) is 10.0 Å². The highest BCUT2D eigenvalue weighted by molar-refractivity contribution is 7.80. The zero-order valence-electron chi connectivity index (χ0n) is 18.1. The number of carbonyl (C=O) groups excluding carboxylic acids is 2. The van der Waals surface area contributed by atoms with Gasteiger partial charge in [0.15, 0.2) is 5.11 Å². The van der Waals surface area contributed by atoms with Crippen LogP contribution in [-0.2, 0) is 0 Å². The molecule has 6 nitrogen and oxygen atoms in total. The molecule has 1 aliphatic rings. The highest BCUT2D eigenvalue weighted by atomic mass is 35.5. The summed E-state index contributed by atoms with van der Waals surface area (Å²) in [6.07, 6.45) is 0. The minimum Gasteiger partial charge on any atom is -0.367 e. The van der Waals surface area contributed by atoms with Crippen LogP contribution in [0.3, 0.4) is 0 Å². The summed E-state index contributed by atoms with van der Waals surface area (Å²) in [4.78, 5) is 29.0. The maximum absolute atomic E-state index is 12.7. The average molecular weight is 513 g/mol. The molecule has 0 atom stereocenters. The quantitative estimate of drug-likeness (QED) is 0.477. The van der Waals surface area contributed by atoms with Gasteiger partial charge in [0.2, 0.25) is 0 Å². The molecule has 0 aromatic heterocycles. The molecular weight excluding hydrogens is 491 g/mol. The van der Waals surface area contributed by atoms with Crippen LogP contribution in [0.15, 0.2) is 72.8 Å². The Hall–Kier alpha value is -3.13. The third-order valence-corrected chi connectivity index (χ3v) is 6.23. The molecule has 0 radical (unpaired) electrons. The first-order valence-electron chi connectivity index (χ1n) is 10.7. The Bertz CT molecular complexity index is 1200. The third kappa shape index (κ3) is 5.86.